The summed E-state index contributed by atoms with van der Waals surface area (Å²) in [5.41, 5.74) is 0.737. The summed E-state index contributed by atoms with van der Waals surface area (Å²) in [4.78, 5) is 11.7. The number of ketones is 1. The van der Waals surface area contributed by atoms with E-state index in [0.29, 0.717) is 5.75 Å². The van der Waals surface area contributed by atoms with Crippen LogP contribution in [0.15, 0.2) is 28.7 Å². The van der Waals surface area contributed by atoms with Gasteiger partial charge in [-0.1, -0.05) is 28.1 Å². The van der Waals surface area contributed by atoms with E-state index in [1.165, 1.54) is 0 Å². The molecule has 0 fully saturated rings. The monoisotopic (exact) mass is 288 g/mol. The third-order valence-electron chi connectivity index (χ3n) is 1.83. The summed E-state index contributed by atoms with van der Waals surface area (Å²) in [6.45, 7) is 0.193. The zero-order valence-corrected chi connectivity index (χ0v) is 10.7. The molecule has 2 nitrogen and oxygen atoms in total. The topological polar surface area (TPSA) is 37.3 Å². The second kappa shape index (κ2) is 7.04. The Morgan fingerprint density at radius 2 is 2.27 bits per heavy atom. The van der Waals surface area contributed by atoms with Gasteiger partial charge in [-0.05, 0) is 24.3 Å². The van der Waals surface area contributed by atoms with Crippen molar-refractivity contribution in [3.8, 4) is 0 Å². The lowest BCUT2D eigenvalue weighted by atomic mass is 10.2. The largest absolute Gasteiger partial charge is 0.396 e. The number of carbonyl (C=O) groups excluding carboxylic acids is 1. The van der Waals surface area contributed by atoms with Crippen LogP contribution in [0.1, 0.15) is 16.8 Å². The highest BCUT2D eigenvalue weighted by atomic mass is 79.9. The molecule has 0 atom stereocenters. The van der Waals surface area contributed by atoms with Crippen molar-refractivity contribution in [2.45, 2.75) is 6.42 Å². The third kappa shape index (κ3) is 4.82. The first kappa shape index (κ1) is 12.7. The van der Waals surface area contributed by atoms with E-state index in [1.807, 2.05) is 24.3 Å². The van der Waals surface area contributed by atoms with Crippen LogP contribution in [0.25, 0.3) is 0 Å². The lowest BCUT2D eigenvalue weighted by Crippen LogP contribution is -2.03. The minimum Gasteiger partial charge on any atom is -0.396 e. The Labute approximate surface area is 102 Å². The Kier molecular flexibility index (Phi) is 5.98. The molecule has 0 amide bonds. The van der Waals surface area contributed by atoms with Crippen LogP contribution < -0.4 is 0 Å². The first-order chi connectivity index (χ1) is 7.24. The molecular formula is C11H13BrO2S. The molecule has 0 spiro atoms. The lowest BCUT2D eigenvalue weighted by molar-refractivity contribution is 0.102. The molecule has 4 heteroatoms. The van der Waals surface area contributed by atoms with E-state index in [4.69, 9.17) is 5.11 Å². The Morgan fingerprint density at radius 3 is 2.93 bits per heavy atom. The zero-order valence-electron chi connectivity index (χ0n) is 8.28. The maximum absolute atomic E-state index is 11.7. The van der Waals surface area contributed by atoms with E-state index < -0.39 is 0 Å². The van der Waals surface area contributed by atoms with Gasteiger partial charge in [-0.15, -0.1) is 0 Å². The van der Waals surface area contributed by atoms with Crippen LogP contribution in [-0.4, -0.2) is 29.0 Å². The number of aliphatic hydroxyl groups is 1. The molecule has 0 heterocycles. The van der Waals surface area contributed by atoms with Crippen molar-refractivity contribution >= 4 is 33.5 Å². The van der Waals surface area contributed by atoms with Crippen molar-refractivity contribution in [1.29, 1.82) is 0 Å². The summed E-state index contributed by atoms with van der Waals surface area (Å²) >= 11 is 4.89. The Bertz CT molecular complexity index is 328. The fourth-order valence-electron chi connectivity index (χ4n) is 1.08. The van der Waals surface area contributed by atoms with Gasteiger partial charge in [0.25, 0.3) is 0 Å². The van der Waals surface area contributed by atoms with Crippen LogP contribution in [-0.2, 0) is 0 Å². The quantitative estimate of drug-likeness (QED) is 0.646. The number of aliphatic hydroxyl groups excluding tert-OH is 1. The molecule has 0 aromatic heterocycles. The molecule has 15 heavy (non-hydrogen) atoms. The predicted molar refractivity (Wildman–Crippen MR) is 67.5 cm³/mol. The highest BCUT2D eigenvalue weighted by Gasteiger charge is 2.05. The van der Waals surface area contributed by atoms with Crippen LogP contribution in [0.4, 0.5) is 0 Å². The van der Waals surface area contributed by atoms with Gasteiger partial charge in [0.15, 0.2) is 5.78 Å². The molecule has 1 aromatic carbocycles. The molecule has 0 saturated heterocycles. The normalized spacial score (nSPS) is 10.3. The van der Waals surface area contributed by atoms with E-state index in [1.54, 1.807) is 11.8 Å². The smallest absolute Gasteiger partial charge is 0.172 e. The molecule has 0 unspecified atom stereocenters. The van der Waals surface area contributed by atoms with Gasteiger partial charge in [0, 0.05) is 16.6 Å². The number of carbonyl (C=O) groups is 1. The van der Waals surface area contributed by atoms with Crippen molar-refractivity contribution < 1.29 is 9.90 Å². The average Bonchev–Trinajstić information content (AvgIpc) is 2.24. The number of hydrogen-bond donors (Lipinski definition) is 1. The highest BCUT2D eigenvalue weighted by molar-refractivity contribution is 9.10. The number of rotatable bonds is 6. The maximum Gasteiger partial charge on any atom is 0.172 e. The fourth-order valence-corrected chi connectivity index (χ4v) is 2.31. The highest BCUT2D eigenvalue weighted by Crippen LogP contribution is 2.14. The summed E-state index contributed by atoms with van der Waals surface area (Å²) < 4.78 is 0.925. The first-order valence-electron chi connectivity index (χ1n) is 4.71. The molecule has 0 bridgehead atoms. The van der Waals surface area contributed by atoms with Gasteiger partial charge in [-0.2, -0.15) is 11.8 Å². The molecule has 1 aromatic rings. The van der Waals surface area contributed by atoms with Crippen molar-refractivity contribution in [3.05, 3.63) is 34.3 Å². The third-order valence-corrected chi connectivity index (χ3v) is 3.36. The second-order valence-corrected chi connectivity index (χ2v) is 5.08. The summed E-state index contributed by atoms with van der Waals surface area (Å²) in [5.74, 6) is 1.45. The van der Waals surface area contributed by atoms with Crippen molar-refractivity contribution in [2.75, 3.05) is 18.1 Å². The summed E-state index contributed by atoms with van der Waals surface area (Å²) in [6, 6.07) is 7.40. The fraction of sp³-hybridized carbons (Fsp3) is 0.364. The van der Waals surface area contributed by atoms with E-state index >= 15 is 0 Å². The van der Waals surface area contributed by atoms with Crippen LogP contribution in [0.3, 0.4) is 0 Å². The van der Waals surface area contributed by atoms with Crippen molar-refractivity contribution in [1.82, 2.24) is 0 Å². The SMILES string of the molecule is O=C(CSCCCO)c1cccc(Br)c1. The van der Waals surface area contributed by atoms with Gasteiger partial charge in [0.1, 0.15) is 0 Å². The lowest BCUT2D eigenvalue weighted by Gasteiger charge is -2.01. The maximum atomic E-state index is 11.7. The first-order valence-corrected chi connectivity index (χ1v) is 6.66. The second-order valence-electron chi connectivity index (χ2n) is 3.06. The van der Waals surface area contributed by atoms with Crippen LogP contribution >= 0.6 is 27.7 Å². The number of halogens is 1. The van der Waals surface area contributed by atoms with Gasteiger partial charge >= 0.3 is 0 Å². The van der Waals surface area contributed by atoms with Gasteiger partial charge in [-0.3, -0.25) is 4.79 Å². The summed E-state index contributed by atoms with van der Waals surface area (Å²) in [5, 5.41) is 8.58. The Morgan fingerprint density at radius 1 is 1.47 bits per heavy atom. The van der Waals surface area contributed by atoms with Gasteiger partial charge in [0.2, 0.25) is 0 Å². The molecule has 82 valence electrons. The molecule has 1 N–H and O–H groups in total. The Hall–Kier alpha value is -0.320. The van der Waals surface area contributed by atoms with E-state index in [-0.39, 0.29) is 12.4 Å². The summed E-state index contributed by atoms with van der Waals surface area (Å²) in [7, 11) is 0. The molecular weight excluding hydrogens is 276 g/mol. The van der Waals surface area contributed by atoms with Gasteiger partial charge in [-0.25, -0.2) is 0 Å². The van der Waals surface area contributed by atoms with Gasteiger partial charge < -0.3 is 5.11 Å². The number of Topliss-reactive ketones (excluding diaryl/α,β-unsaturated/α-hetero) is 1. The van der Waals surface area contributed by atoms with Crippen LogP contribution in [0.2, 0.25) is 0 Å². The molecule has 0 radical (unpaired) electrons. The van der Waals surface area contributed by atoms with Crippen LogP contribution in [0, 0.1) is 0 Å². The molecule has 1 rings (SSSR count). The predicted octanol–water partition coefficient (Wildman–Crippen LogP) is 2.75. The molecule has 0 saturated carbocycles. The standard InChI is InChI=1S/C11H13BrO2S/c12-10-4-1-3-9(7-10)11(14)8-15-6-2-5-13/h1,3-4,7,13H,2,5-6,8H2. The van der Waals surface area contributed by atoms with Crippen LogP contribution in [0.5, 0.6) is 0 Å². The number of hydrogen-bond acceptors (Lipinski definition) is 3. The van der Waals surface area contributed by atoms with Crippen molar-refractivity contribution in [3.63, 3.8) is 0 Å². The molecule has 0 aliphatic heterocycles. The average molecular weight is 289 g/mol. The number of thioether (sulfide) groups is 1. The van der Waals surface area contributed by atoms with E-state index in [0.717, 1.165) is 22.2 Å². The van der Waals surface area contributed by atoms with Gasteiger partial charge in [0.05, 0.1) is 5.75 Å². The minimum atomic E-state index is 0.138. The van der Waals surface area contributed by atoms with Crippen molar-refractivity contribution in [2.24, 2.45) is 0 Å². The minimum absolute atomic E-state index is 0.138. The zero-order chi connectivity index (χ0) is 11.1. The molecule has 0 aliphatic carbocycles. The Balaban J connectivity index is 2.40. The molecule has 0 aliphatic rings. The number of benzene rings is 1. The van der Waals surface area contributed by atoms with E-state index in [9.17, 15) is 4.79 Å². The van der Waals surface area contributed by atoms with E-state index in [2.05, 4.69) is 15.9 Å². The summed E-state index contributed by atoms with van der Waals surface area (Å²) in [6.07, 6.45) is 0.746.